The Bertz CT molecular complexity index is 1250. The summed E-state index contributed by atoms with van der Waals surface area (Å²) in [6.07, 6.45) is -2.78. The van der Waals surface area contributed by atoms with E-state index in [1.165, 1.54) is 23.6 Å². The molecule has 2 aromatic carbocycles. The van der Waals surface area contributed by atoms with Gasteiger partial charge in [-0.2, -0.15) is 13.2 Å². The number of nitrogens with zero attached hydrogens (tertiary/aromatic N) is 2. The monoisotopic (exact) mass is 537 g/mol. The Labute approximate surface area is 214 Å². The number of urea groups is 1. The third-order valence-electron chi connectivity index (χ3n) is 5.67. The molecule has 0 aliphatic carbocycles. The summed E-state index contributed by atoms with van der Waals surface area (Å²) < 4.78 is 39.0. The Kier molecular flexibility index (Phi) is 7.82. The zero-order valence-electron chi connectivity index (χ0n) is 19.2. The predicted octanol–water partition coefficient (Wildman–Crippen LogP) is 5.23. The van der Waals surface area contributed by atoms with E-state index in [9.17, 15) is 22.8 Å². The van der Waals surface area contributed by atoms with Crippen molar-refractivity contribution in [3.05, 3.63) is 75.3 Å². The average molecular weight is 538 g/mol. The standard InChI is InChI=1S/C24H23ClF3N5O2S/c1-14(15-2-5-18(6-3-15)33-9-8-29-23(33)35)30-13-21(34)32-22-31-12-19(36-22)11-16-10-17(24(26,27)28)4-7-20(16)25/h2-7,10,12,14,30H,8-9,11,13H2,1H3,(H,29,35)(H,31,32,34). The average Bonchev–Trinajstić information content (AvgIpc) is 3.46. The second-order valence-electron chi connectivity index (χ2n) is 8.24. The molecule has 7 nitrogen and oxygen atoms in total. The van der Waals surface area contributed by atoms with Crippen molar-refractivity contribution in [3.8, 4) is 0 Å². The molecule has 1 fully saturated rings. The molecule has 3 amide bonds. The third-order valence-corrected chi connectivity index (χ3v) is 6.95. The second kappa shape index (κ2) is 10.9. The molecule has 36 heavy (non-hydrogen) atoms. The molecule has 2 heterocycles. The van der Waals surface area contributed by atoms with Gasteiger partial charge in [-0.25, -0.2) is 9.78 Å². The van der Waals surface area contributed by atoms with Gasteiger partial charge >= 0.3 is 12.2 Å². The van der Waals surface area contributed by atoms with E-state index in [1.54, 1.807) is 4.90 Å². The van der Waals surface area contributed by atoms with Gasteiger partial charge in [0.15, 0.2) is 5.13 Å². The van der Waals surface area contributed by atoms with E-state index >= 15 is 0 Å². The van der Waals surface area contributed by atoms with Crippen molar-refractivity contribution >= 4 is 45.7 Å². The molecule has 3 aromatic rings. The minimum absolute atomic E-state index is 0.0336. The summed E-state index contributed by atoms with van der Waals surface area (Å²) >= 11 is 7.25. The van der Waals surface area contributed by atoms with E-state index in [0.717, 1.165) is 23.4 Å². The molecule has 0 bridgehead atoms. The van der Waals surface area contributed by atoms with Gasteiger partial charge in [-0.15, -0.1) is 11.3 Å². The quantitative estimate of drug-likeness (QED) is 0.367. The van der Waals surface area contributed by atoms with Crippen molar-refractivity contribution in [1.82, 2.24) is 15.6 Å². The number of rotatable bonds is 8. The number of carbonyl (C=O) groups excluding carboxylic acids is 2. The van der Waals surface area contributed by atoms with Gasteiger partial charge in [0.2, 0.25) is 5.91 Å². The highest BCUT2D eigenvalue weighted by Crippen LogP contribution is 2.33. The molecule has 1 atom stereocenters. The molecule has 1 aliphatic rings. The molecule has 1 aromatic heterocycles. The van der Waals surface area contributed by atoms with E-state index in [1.807, 2.05) is 31.2 Å². The lowest BCUT2D eigenvalue weighted by atomic mass is 10.1. The fourth-order valence-corrected chi connectivity index (χ4v) is 4.75. The number of anilines is 2. The van der Waals surface area contributed by atoms with Crippen LogP contribution in [0.15, 0.2) is 48.7 Å². The Balaban J connectivity index is 1.29. The summed E-state index contributed by atoms with van der Waals surface area (Å²) in [7, 11) is 0. The fraction of sp³-hybridized carbons (Fsp3) is 0.292. The predicted molar refractivity (Wildman–Crippen MR) is 134 cm³/mol. The van der Waals surface area contributed by atoms with Crippen molar-refractivity contribution in [2.45, 2.75) is 25.6 Å². The lowest BCUT2D eigenvalue weighted by Crippen LogP contribution is -2.30. The lowest BCUT2D eigenvalue weighted by Gasteiger charge is -2.17. The highest BCUT2D eigenvalue weighted by Gasteiger charge is 2.31. The number of aromatic nitrogens is 1. The zero-order valence-corrected chi connectivity index (χ0v) is 20.7. The number of hydrogen-bond donors (Lipinski definition) is 3. The van der Waals surface area contributed by atoms with E-state index in [4.69, 9.17) is 11.6 Å². The van der Waals surface area contributed by atoms with E-state index < -0.39 is 11.7 Å². The molecular weight excluding hydrogens is 515 g/mol. The number of benzene rings is 2. The van der Waals surface area contributed by atoms with E-state index in [2.05, 4.69) is 20.9 Å². The Hall–Kier alpha value is -3.15. The normalized spacial score (nSPS) is 14.6. The van der Waals surface area contributed by atoms with Crippen LogP contribution in [0.3, 0.4) is 0 Å². The van der Waals surface area contributed by atoms with Crippen LogP contribution < -0.4 is 20.9 Å². The molecule has 1 aliphatic heterocycles. The lowest BCUT2D eigenvalue weighted by molar-refractivity contribution is -0.137. The van der Waals surface area contributed by atoms with Crippen LogP contribution in [0.1, 0.15) is 34.5 Å². The van der Waals surface area contributed by atoms with Gasteiger partial charge < -0.3 is 16.0 Å². The SMILES string of the molecule is CC(NCC(=O)Nc1ncc(Cc2cc(C(F)(F)F)ccc2Cl)s1)c1ccc(N2CCNC2=O)cc1. The molecule has 0 saturated carbocycles. The molecular formula is C24H23ClF3N5O2S. The van der Waals surface area contributed by atoms with Crippen LogP contribution in [0.25, 0.3) is 0 Å². The molecule has 1 unspecified atom stereocenters. The van der Waals surface area contributed by atoms with Crippen LogP contribution >= 0.6 is 22.9 Å². The van der Waals surface area contributed by atoms with Gasteiger partial charge in [-0.3, -0.25) is 9.69 Å². The highest BCUT2D eigenvalue weighted by atomic mass is 35.5. The molecule has 0 radical (unpaired) electrons. The molecule has 12 heteroatoms. The first-order chi connectivity index (χ1) is 17.1. The molecule has 1 saturated heterocycles. The first-order valence-corrected chi connectivity index (χ1v) is 12.3. The number of hydrogen-bond acceptors (Lipinski definition) is 5. The topological polar surface area (TPSA) is 86.4 Å². The Morgan fingerprint density at radius 1 is 1.25 bits per heavy atom. The van der Waals surface area contributed by atoms with Gasteiger partial charge in [0.25, 0.3) is 0 Å². The third kappa shape index (κ3) is 6.34. The fourth-order valence-electron chi connectivity index (χ4n) is 3.71. The van der Waals surface area contributed by atoms with Gasteiger partial charge in [-0.05, 0) is 48.4 Å². The summed E-state index contributed by atoms with van der Waals surface area (Å²) in [5.74, 6) is -0.301. The van der Waals surface area contributed by atoms with Crippen molar-refractivity contribution < 1.29 is 22.8 Å². The summed E-state index contributed by atoms with van der Waals surface area (Å²) in [4.78, 5) is 30.7. The van der Waals surface area contributed by atoms with Gasteiger partial charge in [0, 0.05) is 47.3 Å². The van der Waals surface area contributed by atoms with Crippen LogP contribution in [0.2, 0.25) is 5.02 Å². The Morgan fingerprint density at radius 3 is 2.67 bits per heavy atom. The number of nitrogens with one attached hydrogen (secondary N) is 3. The van der Waals surface area contributed by atoms with Gasteiger partial charge in [-0.1, -0.05) is 23.7 Å². The molecule has 190 valence electrons. The van der Waals surface area contributed by atoms with Crippen LogP contribution in [0.4, 0.5) is 28.8 Å². The maximum absolute atomic E-state index is 13.0. The van der Waals surface area contributed by atoms with Crippen LogP contribution in [0, 0.1) is 0 Å². The van der Waals surface area contributed by atoms with Crippen LogP contribution in [0.5, 0.6) is 0 Å². The minimum Gasteiger partial charge on any atom is -0.336 e. The summed E-state index contributed by atoms with van der Waals surface area (Å²) in [5.41, 5.74) is 1.33. The van der Waals surface area contributed by atoms with Crippen molar-refractivity contribution in [1.29, 1.82) is 0 Å². The number of carbonyl (C=O) groups is 2. The number of halogens is 4. The summed E-state index contributed by atoms with van der Waals surface area (Å²) in [6.45, 7) is 3.20. The van der Waals surface area contributed by atoms with Crippen LogP contribution in [-0.4, -0.2) is 36.6 Å². The summed E-state index contributed by atoms with van der Waals surface area (Å²) in [5, 5.41) is 9.18. The van der Waals surface area contributed by atoms with Crippen molar-refractivity contribution in [2.24, 2.45) is 0 Å². The zero-order chi connectivity index (χ0) is 25.9. The van der Waals surface area contributed by atoms with E-state index in [-0.39, 0.29) is 36.0 Å². The number of amides is 3. The number of alkyl halides is 3. The molecule has 0 spiro atoms. The molecule has 3 N–H and O–H groups in total. The summed E-state index contributed by atoms with van der Waals surface area (Å²) in [6, 6.07) is 10.5. The highest BCUT2D eigenvalue weighted by molar-refractivity contribution is 7.15. The maximum atomic E-state index is 13.0. The van der Waals surface area contributed by atoms with E-state index in [0.29, 0.717) is 28.7 Å². The molecule has 4 rings (SSSR count). The largest absolute Gasteiger partial charge is 0.416 e. The van der Waals surface area contributed by atoms with Crippen molar-refractivity contribution in [2.75, 3.05) is 29.9 Å². The minimum atomic E-state index is -4.46. The van der Waals surface area contributed by atoms with Gasteiger partial charge in [0.1, 0.15) is 0 Å². The first-order valence-electron chi connectivity index (χ1n) is 11.1. The van der Waals surface area contributed by atoms with Crippen molar-refractivity contribution in [3.63, 3.8) is 0 Å². The number of thiazole rings is 1. The first kappa shape index (κ1) is 25.9. The maximum Gasteiger partial charge on any atom is 0.416 e. The van der Waals surface area contributed by atoms with Crippen LogP contribution in [-0.2, 0) is 17.4 Å². The second-order valence-corrected chi connectivity index (χ2v) is 9.76. The van der Waals surface area contributed by atoms with Gasteiger partial charge in [0.05, 0.1) is 12.1 Å². The Morgan fingerprint density at radius 2 is 2.00 bits per heavy atom. The smallest absolute Gasteiger partial charge is 0.336 e.